The van der Waals surface area contributed by atoms with E-state index in [9.17, 15) is 9.59 Å². The normalized spacial score (nSPS) is 12.2. The van der Waals surface area contributed by atoms with Crippen molar-refractivity contribution in [2.75, 3.05) is 6.61 Å². The number of Topliss-reactive ketones (excluding diaryl/α,β-unsaturated/α-hetero) is 1. The van der Waals surface area contributed by atoms with E-state index in [1.165, 1.54) is 26.2 Å². The number of hydrogen-bond acceptors (Lipinski definition) is 3. The Hall–Kier alpha value is -0.860. The van der Waals surface area contributed by atoms with E-state index in [2.05, 4.69) is 6.92 Å². The Balaban J connectivity index is 3.43. The Bertz CT molecular complexity index is 199. The van der Waals surface area contributed by atoms with Crippen LogP contribution in [0.25, 0.3) is 0 Å². The number of esters is 1. The van der Waals surface area contributed by atoms with Crippen molar-refractivity contribution in [3.05, 3.63) is 0 Å². The fraction of sp³-hybridized carbons (Fsp3) is 0.833. The molecule has 3 nitrogen and oxygen atoms in total. The molecule has 15 heavy (non-hydrogen) atoms. The SMILES string of the molecule is CCCCCCCOC(=O)C(C)C(C)=O. The van der Waals surface area contributed by atoms with E-state index in [-0.39, 0.29) is 5.78 Å². The molecule has 0 rings (SSSR count). The van der Waals surface area contributed by atoms with Gasteiger partial charge in [-0.25, -0.2) is 0 Å². The van der Waals surface area contributed by atoms with E-state index in [0.717, 1.165) is 12.8 Å². The first-order valence-electron chi connectivity index (χ1n) is 5.76. The maximum absolute atomic E-state index is 11.2. The van der Waals surface area contributed by atoms with Gasteiger partial charge < -0.3 is 4.74 Å². The number of hydrogen-bond donors (Lipinski definition) is 0. The Morgan fingerprint density at radius 3 is 2.27 bits per heavy atom. The summed E-state index contributed by atoms with van der Waals surface area (Å²) in [6, 6.07) is 0. The summed E-state index contributed by atoms with van der Waals surface area (Å²) >= 11 is 0. The minimum Gasteiger partial charge on any atom is -0.465 e. The predicted molar refractivity (Wildman–Crippen MR) is 59.6 cm³/mol. The first-order chi connectivity index (χ1) is 7.09. The zero-order valence-electron chi connectivity index (χ0n) is 10.0. The molecule has 0 saturated heterocycles. The van der Waals surface area contributed by atoms with Gasteiger partial charge in [0.15, 0.2) is 0 Å². The summed E-state index contributed by atoms with van der Waals surface area (Å²) < 4.78 is 4.99. The lowest BCUT2D eigenvalue weighted by Crippen LogP contribution is -2.21. The van der Waals surface area contributed by atoms with Gasteiger partial charge in [0.2, 0.25) is 0 Å². The molecular weight excluding hydrogens is 192 g/mol. The lowest BCUT2D eigenvalue weighted by molar-refractivity contribution is -0.150. The van der Waals surface area contributed by atoms with Crippen LogP contribution in [0.15, 0.2) is 0 Å². The molecule has 0 aliphatic carbocycles. The summed E-state index contributed by atoms with van der Waals surface area (Å²) in [5.74, 6) is -1.13. The molecule has 0 aromatic carbocycles. The van der Waals surface area contributed by atoms with Crippen molar-refractivity contribution in [1.82, 2.24) is 0 Å². The van der Waals surface area contributed by atoms with Crippen LogP contribution in [0.1, 0.15) is 52.9 Å². The third-order valence-electron chi connectivity index (χ3n) is 2.46. The molecule has 0 radical (unpaired) electrons. The van der Waals surface area contributed by atoms with Crippen LogP contribution in [0.5, 0.6) is 0 Å². The summed E-state index contributed by atoms with van der Waals surface area (Å²) in [7, 11) is 0. The van der Waals surface area contributed by atoms with E-state index >= 15 is 0 Å². The van der Waals surface area contributed by atoms with Crippen molar-refractivity contribution >= 4 is 11.8 Å². The van der Waals surface area contributed by atoms with Gasteiger partial charge in [-0.15, -0.1) is 0 Å². The molecule has 0 N–H and O–H groups in total. The molecule has 88 valence electrons. The van der Waals surface area contributed by atoms with E-state index in [1.807, 2.05) is 0 Å². The van der Waals surface area contributed by atoms with Gasteiger partial charge in [-0.3, -0.25) is 9.59 Å². The van der Waals surface area contributed by atoms with Crippen molar-refractivity contribution < 1.29 is 14.3 Å². The van der Waals surface area contributed by atoms with Crippen molar-refractivity contribution in [1.29, 1.82) is 0 Å². The van der Waals surface area contributed by atoms with Crippen molar-refractivity contribution in [2.24, 2.45) is 5.92 Å². The average molecular weight is 214 g/mol. The number of carbonyl (C=O) groups excluding carboxylic acids is 2. The molecule has 0 amide bonds. The summed E-state index contributed by atoms with van der Waals surface area (Å²) in [6.07, 6.45) is 5.63. The van der Waals surface area contributed by atoms with Crippen LogP contribution in [-0.2, 0) is 14.3 Å². The zero-order valence-corrected chi connectivity index (χ0v) is 10.0. The average Bonchev–Trinajstić information content (AvgIpc) is 2.21. The molecular formula is C12H22O3. The molecule has 0 aromatic heterocycles. The summed E-state index contributed by atoms with van der Waals surface area (Å²) in [5.41, 5.74) is 0. The standard InChI is InChI=1S/C12H22O3/c1-4-5-6-7-8-9-15-12(14)10(2)11(3)13/h10H,4-9H2,1-3H3. The number of carbonyl (C=O) groups is 2. The number of ketones is 1. The van der Waals surface area contributed by atoms with Gasteiger partial charge in [-0.1, -0.05) is 32.6 Å². The van der Waals surface area contributed by atoms with Gasteiger partial charge in [-0.05, 0) is 20.3 Å². The molecule has 0 aromatic rings. The Morgan fingerprint density at radius 1 is 1.13 bits per heavy atom. The Kier molecular flexibility index (Phi) is 7.96. The third kappa shape index (κ3) is 7.11. The Morgan fingerprint density at radius 2 is 1.73 bits per heavy atom. The molecule has 0 spiro atoms. The lowest BCUT2D eigenvalue weighted by Gasteiger charge is -2.08. The first-order valence-corrected chi connectivity index (χ1v) is 5.76. The molecule has 0 bridgehead atoms. The number of rotatable bonds is 8. The van der Waals surface area contributed by atoms with Crippen LogP contribution in [0.2, 0.25) is 0 Å². The molecule has 0 aliphatic rings. The highest BCUT2D eigenvalue weighted by Crippen LogP contribution is 2.04. The number of unbranched alkanes of at least 4 members (excludes halogenated alkanes) is 4. The molecule has 0 aliphatic heterocycles. The second-order valence-electron chi connectivity index (χ2n) is 3.91. The van der Waals surface area contributed by atoms with Crippen LogP contribution in [0, 0.1) is 5.92 Å². The quantitative estimate of drug-likeness (QED) is 0.354. The van der Waals surface area contributed by atoms with Crippen LogP contribution < -0.4 is 0 Å². The molecule has 0 saturated carbocycles. The maximum Gasteiger partial charge on any atom is 0.316 e. The fourth-order valence-corrected chi connectivity index (χ4v) is 1.17. The molecule has 1 atom stereocenters. The molecule has 1 unspecified atom stereocenters. The minimum absolute atomic E-state index is 0.133. The van der Waals surface area contributed by atoms with Crippen molar-refractivity contribution in [3.63, 3.8) is 0 Å². The summed E-state index contributed by atoms with van der Waals surface area (Å²) in [4.78, 5) is 22.1. The molecule has 0 heterocycles. The van der Waals surface area contributed by atoms with Gasteiger partial charge >= 0.3 is 5.97 Å². The van der Waals surface area contributed by atoms with Crippen LogP contribution >= 0.6 is 0 Å². The Labute approximate surface area is 92.2 Å². The highest BCUT2D eigenvalue weighted by molar-refractivity contribution is 5.97. The summed E-state index contributed by atoms with van der Waals surface area (Å²) in [5, 5.41) is 0. The highest BCUT2D eigenvalue weighted by Gasteiger charge is 2.18. The van der Waals surface area contributed by atoms with E-state index < -0.39 is 11.9 Å². The zero-order chi connectivity index (χ0) is 11.7. The van der Waals surface area contributed by atoms with E-state index in [4.69, 9.17) is 4.74 Å². The highest BCUT2D eigenvalue weighted by atomic mass is 16.5. The molecule has 3 heteroatoms. The maximum atomic E-state index is 11.2. The predicted octanol–water partition coefficient (Wildman–Crippen LogP) is 2.73. The topological polar surface area (TPSA) is 43.4 Å². The second kappa shape index (κ2) is 8.45. The smallest absolute Gasteiger partial charge is 0.316 e. The van der Waals surface area contributed by atoms with Crippen LogP contribution in [-0.4, -0.2) is 18.4 Å². The fourth-order valence-electron chi connectivity index (χ4n) is 1.17. The molecule has 0 fully saturated rings. The van der Waals surface area contributed by atoms with Gasteiger partial charge in [0, 0.05) is 0 Å². The second-order valence-corrected chi connectivity index (χ2v) is 3.91. The third-order valence-corrected chi connectivity index (χ3v) is 2.46. The largest absolute Gasteiger partial charge is 0.465 e. The van der Waals surface area contributed by atoms with Crippen molar-refractivity contribution in [2.45, 2.75) is 52.9 Å². The number of ether oxygens (including phenoxy) is 1. The minimum atomic E-state index is -0.611. The van der Waals surface area contributed by atoms with Gasteiger partial charge in [-0.2, -0.15) is 0 Å². The van der Waals surface area contributed by atoms with Gasteiger partial charge in [0.25, 0.3) is 0 Å². The van der Waals surface area contributed by atoms with E-state index in [0.29, 0.717) is 6.61 Å². The van der Waals surface area contributed by atoms with Crippen LogP contribution in [0.3, 0.4) is 0 Å². The van der Waals surface area contributed by atoms with Gasteiger partial charge in [0.1, 0.15) is 11.7 Å². The van der Waals surface area contributed by atoms with Gasteiger partial charge in [0.05, 0.1) is 6.61 Å². The van der Waals surface area contributed by atoms with Crippen molar-refractivity contribution in [3.8, 4) is 0 Å². The summed E-state index contributed by atoms with van der Waals surface area (Å²) in [6.45, 7) is 5.60. The monoisotopic (exact) mass is 214 g/mol. The first kappa shape index (κ1) is 14.1. The van der Waals surface area contributed by atoms with Crippen LogP contribution in [0.4, 0.5) is 0 Å². The lowest BCUT2D eigenvalue weighted by atomic mass is 10.1. The van der Waals surface area contributed by atoms with E-state index in [1.54, 1.807) is 6.92 Å².